The third kappa shape index (κ3) is 3.31. The maximum absolute atomic E-state index is 4.52. The first-order valence-corrected chi connectivity index (χ1v) is 8.75. The largest absolute Gasteiger partial charge is 0.377 e. The van der Waals surface area contributed by atoms with Crippen molar-refractivity contribution >= 4 is 11.6 Å². The molecule has 126 valence electrons. The molecular formula is C19H30N4. The van der Waals surface area contributed by atoms with Gasteiger partial charge in [-0.2, -0.15) is 0 Å². The van der Waals surface area contributed by atoms with Crippen LogP contribution in [0.3, 0.4) is 0 Å². The van der Waals surface area contributed by atoms with Crippen LogP contribution in [-0.4, -0.2) is 45.1 Å². The third-order valence-electron chi connectivity index (χ3n) is 5.52. The molecule has 1 N–H and O–H groups in total. The van der Waals surface area contributed by atoms with Crippen LogP contribution in [0.15, 0.2) is 23.2 Å². The highest BCUT2D eigenvalue weighted by molar-refractivity contribution is 5.80. The van der Waals surface area contributed by atoms with Gasteiger partial charge in [0.1, 0.15) is 0 Å². The summed E-state index contributed by atoms with van der Waals surface area (Å²) < 4.78 is 0. The number of rotatable bonds is 3. The summed E-state index contributed by atoms with van der Waals surface area (Å²) in [6.45, 7) is 5.30. The number of aliphatic imine (C=N–C) groups is 1. The first-order chi connectivity index (χ1) is 11.0. The van der Waals surface area contributed by atoms with Crippen LogP contribution in [0.2, 0.25) is 0 Å². The molecule has 4 nitrogen and oxygen atoms in total. The monoisotopic (exact) mass is 314 g/mol. The predicted molar refractivity (Wildman–Crippen MR) is 98.2 cm³/mol. The molecule has 1 aliphatic heterocycles. The normalized spacial score (nSPS) is 19.8. The number of aryl methyl sites for hydroxylation is 1. The average Bonchev–Trinajstić information content (AvgIpc) is 2.94. The highest BCUT2D eigenvalue weighted by Crippen LogP contribution is 2.47. The number of anilines is 1. The van der Waals surface area contributed by atoms with Crippen LogP contribution in [0.25, 0.3) is 0 Å². The van der Waals surface area contributed by atoms with Gasteiger partial charge >= 0.3 is 0 Å². The number of hydrogen-bond donors (Lipinski definition) is 1. The summed E-state index contributed by atoms with van der Waals surface area (Å²) in [6, 6.07) is 6.66. The number of nitrogens with one attached hydrogen (secondary N) is 1. The smallest absolute Gasteiger partial charge is 0.193 e. The van der Waals surface area contributed by atoms with Crippen molar-refractivity contribution in [3.63, 3.8) is 0 Å². The Morgan fingerprint density at radius 3 is 2.65 bits per heavy atom. The second kappa shape index (κ2) is 6.42. The number of nitrogens with zero attached hydrogens (tertiary/aromatic N) is 3. The summed E-state index contributed by atoms with van der Waals surface area (Å²) >= 11 is 0. The summed E-state index contributed by atoms with van der Waals surface area (Å²) in [5, 5.41) is 3.58. The fraction of sp³-hybridized carbons (Fsp3) is 0.632. The molecule has 1 saturated carbocycles. The standard InChI is InChI=1S/C19H30N4/c1-15-6-7-16(17(12-15)22(3)4)13-21-18(20-2)23-11-10-19(14-23)8-5-9-19/h6-7,12H,5,8-11,13-14H2,1-4H3,(H,20,21). The first-order valence-electron chi connectivity index (χ1n) is 8.75. The summed E-state index contributed by atoms with van der Waals surface area (Å²) in [4.78, 5) is 9.15. The lowest BCUT2D eigenvalue weighted by Crippen LogP contribution is -2.42. The molecule has 0 aromatic heterocycles. The predicted octanol–water partition coefficient (Wildman–Crippen LogP) is 3.01. The van der Waals surface area contributed by atoms with Gasteiger partial charge < -0.3 is 15.1 Å². The Morgan fingerprint density at radius 1 is 1.30 bits per heavy atom. The van der Waals surface area contributed by atoms with E-state index in [2.05, 4.69) is 59.3 Å². The van der Waals surface area contributed by atoms with Crippen LogP contribution in [0.4, 0.5) is 5.69 Å². The molecule has 3 rings (SSSR count). The maximum Gasteiger partial charge on any atom is 0.193 e. The molecule has 1 aromatic carbocycles. The van der Waals surface area contributed by atoms with Crippen molar-refractivity contribution in [2.75, 3.05) is 39.1 Å². The van der Waals surface area contributed by atoms with Crippen molar-refractivity contribution in [2.24, 2.45) is 10.4 Å². The first kappa shape index (κ1) is 16.2. The molecule has 2 aliphatic rings. The van der Waals surface area contributed by atoms with E-state index < -0.39 is 0 Å². The van der Waals surface area contributed by atoms with Gasteiger partial charge in [-0.25, -0.2) is 0 Å². The molecule has 4 heteroatoms. The second-order valence-electron chi connectivity index (χ2n) is 7.45. The van der Waals surface area contributed by atoms with Gasteiger partial charge in [0.25, 0.3) is 0 Å². The van der Waals surface area contributed by atoms with Gasteiger partial charge in [-0.3, -0.25) is 4.99 Å². The summed E-state index contributed by atoms with van der Waals surface area (Å²) in [6.07, 6.45) is 5.56. The fourth-order valence-electron chi connectivity index (χ4n) is 3.95. The Hall–Kier alpha value is -1.71. The summed E-state index contributed by atoms with van der Waals surface area (Å²) in [7, 11) is 6.11. The Balaban J connectivity index is 1.65. The number of likely N-dealkylation sites (tertiary alicyclic amines) is 1. The zero-order valence-corrected chi connectivity index (χ0v) is 15.0. The van der Waals surface area contributed by atoms with Gasteiger partial charge in [-0.05, 0) is 48.8 Å². The van der Waals surface area contributed by atoms with Gasteiger partial charge in [-0.1, -0.05) is 18.6 Å². The number of benzene rings is 1. The summed E-state index contributed by atoms with van der Waals surface area (Å²) in [5.74, 6) is 1.05. The topological polar surface area (TPSA) is 30.9 Å². The van der Waals surface area contributed by atoms with E-state index in [0.29, 0.717) is 5.41 Å². The Bertz CT molecular complexity index is 587. The van der Waals surface area contributed by atoms with Crippen LogP contribution >= 0.6 is 0 Å². The van der Waals surface area contributed by atoms with E-state index >= 15 is 0 Å². The molecule has 23 heavy (non-hydrogen) atoms. The highest BCUT2D eigenvalue weighted by atomic mass is 15.3. The van der Waals surface area contributed by atoms with Gasteiger partial charge in [0.2, 0.25) is 0 Å². The minimum absolute atomic E-state index is 0.607. The Kier molecular flexibility index (Phi) is 4.51. The lowest BCUT2D eigenvalue weighted by Gasteiger charge is -2.38. The maximum atomic E-state index is 4.52. The summed E-state index contributed by atoms with van der Waals surface area (Å²) in [5.41, 5.74) is 4.51. The quantitative estimate of drug-likeness (QED) is 0.687. The third-order valence-corrected chi connectivity index (χ3v) is 5.52. The Labute approximate surface area is 140 Å². The van der Waals surface area contributed by atoms with E-state index in [1.54, 1.807) is 0 Å². The van der Waals surface area contributed by atoms with Crippen LogP contribution in [0.1, 0.15) is 36.8 Å². The van der Waals surface area contributed by atoms with Crippen LogP contribution in [0, 0.1) is 12.3 Å². The lowest BCUT2D eigenvalue weighted by atomic mass is 9.68. The molecule has 1 aromatic rings. The molecule has 0 bridgehead atoms. The Morgan fingerprint density at radius 2 is 2.09 bits per heavy atom. The fourth-order valence-corrected chi connectivity index (χ4v) is 3.95. The minimum Gasteiger partial charge on any atom is -0.377 e. The number of guanidine groups is 1. The SMILES string of the molecule is CN=C(NCc1ccc(C)cc1N(C)C)N1CCC2(CCC2)C1. The average molecular weight is 314 g/mol. The number of hydrogen-bond acceptors (Lipinski definition) is 2. The molecule has 1 aliphatic carbocycles. The van der Waals surface area contributed by atoms with Crippen molar-refractivity contribution in [3.8, 4) is 0 Å². The zero-order valence-electron chi connectivity index (χ0n) is 15.0. The molecule has 0 atom stereocenters. The van der Waals surface area contributed by atoms with Crippen molar-refractivity contribution in [2.45, 2.75) is 39.2 Å². The van der Waals surface area contributed by atoms with Gasteiger partial charge in [0.05, 0.1) is 0 Å². The van der Waals surface area contributed by atoms with Gasteiger partial charge in [0, 0.05) is 46.5 Å². The van der Waals surface area contributed by atoms with E-state index in [0.717, 1.165) is 19.0 Å². The molecule has 2 fully saturated rings. The molecule has 1 heterocycles. The molecule has 0 amide bonds. The van der Waals surface area contributed by atoms with Crippen LogP contribution in [-0.2, 0) is 6.54 Å². The lowest BCUT2D eigenvalue weighted by molar-refractivity contribution is 0.151. The van der Waals surface area contributed by atoms with E-state index in [9.17, 15) is 0 Å². The van der Waals surface area contributed by atoms with E-state index in [4.69, 9.17) is 0 Å². The van der Waals surface area contributed by atoms with Crippen LogP contribution < -0.4 is 10.2 Å². The van der Waals surface area contributed by atoms with E-state index in [-0.39, 0.29) is 0 Å². The molecule has 1 spiro atoms. The second-order valence-corrected chi connectivity index (χ2v) is 7.45. The van der Waals surface area contributed by atoms with Gasteiger partial charge in [-0.15, -0.1) is 0 Å². The van der Waals surface area contributed by atoms with Crippen molar-refractivity contribution in [3.05, 3.63) is 29.3 Å². The minimum atomic E-state index is 0.607. The van der Waals surface area contributed by atoms with Gasteiger partial charge in [0.15, 0.2) is 5.96 Å². The van der Waals surface area contributed by atoms with Crippen molar-refractivity contribution in [1.29, 1.82) is 0 Å². The van der Waals surface area contributed by atoms with E-state index in [1.165, 1.54) is 49.0 Å². The molecule has 0 unspecified atom stereocenters. The van der Waals surface area contributed by atoms with Crippen LogP contribution in [0.5, 0.6) is 0 Å². The van der Waals surface area contributed by atoms with Crippen molar-refractivity contribution in [1.82, 2.24) is 10.2 Å². The molecular weight excluding hydrogens is 284 g/mol. The highest BCUT2D eigenvalue weighted by Gasteiger charge is 2.43. The molecule has 0 radical (unpaired) electrons. The van der Waals surface area contributed by atoms with E-state index in [1.807, 2.05) is 7.05 Å². The van der Waals surface area contributed by atoms with Crippen molar-refractivity contribution < 1.29 is 0 Å². The zero-order chi connectivity index (χ0) is 16.4. The molecule has 1 saturated heterocycles.